The number of benzene rings is 2. The molecule has 0 saturated heterocycles. The van der Waals surface area contributed by atoms with Gasteiger partial charge in [0.05, 0.1) is 22.4 Å². The summed E-state index contributed by atoms with van der Waals surface area (Å²) >= 11 is 0. The molecular formula is C18H16N6O2. The van der Waals surface area contributed by atoms with E-state index in [4.69, 9.17) is 11.5 Å². The van der Waals surface area contributed by atoms with Gasteiger partial charge in [0, 0.05) is 17.4 Å². The number of carbonyl (C=O) groups excluding carboxylic acids is 1. The summed E-state index contributed by atoms with van der Waals surface area (Å²) in [6.07, 6.45) is 0. The molecular weight excluding hydrogens is 332 g/mol. The summed E-state index contributed by atoms with van der Waals surface area (Å²) < 4.78 is 0. The Morgan fingerprint density at radius 2 is 1.92 bits per heavy atom. The van der Waals surface area contributed by atoms with E-state index in [2.05, 4.69) is 20.3 Å². The van der Waals surface area contributed by atoms with Gasteiger partial charge < -0.3 is 26.8 Å². The average molecular weight is 348 g/mol. The van der Waals surface area contributed by atoms with Gasteiger partial charge in [-0.2, -0.15) is 0 Å². The lowest BCUT2D eigenvalue weighted by molar-refractivity contribution is 0.248. The Hall–Kier alpha value is -3.81. The third-order valence-corrected chi connectivity index (χ3v) is 4.21. The van der Waals surface area contributed by atoms with Crippen LogP contribution >= 0.6 is 0 Å². The molecule has 0 aliphatic rings. The second-order valence-corrected chi connectivity index (χ2v) is 5.94. The second kappa shape index (κ2) is 5.92. The number of fused-ring (bicyclic) bond motifs is 2. The molecule has 2 aromatic heterocycles. The molecule has 8 heteroatoms. The lowest BCUT2D eigenvalue weighted by Crippen LogP contribution is -2.28. The molecule has 4 aromatic rings. The minimum atomic E-state index is -0.597. The van der Waals surface area contributed by atoms with Gasteiger partial charge >= 0.3 is 6.03 Å². The first-order chi connectivity index (χ1) is 12.5. The van der Waals surface area contributed by atoms with E-state index in [0.717, 1.165) is 16.5 Å². The van der Waals surface area contributed by atoms with E-state index in [0.29, 0.717) is 29.0 Å². The van der Waals surface area contributed by atoms with Gasteiger partial charge in [-0.3, -0.25) is 4.79 Å². The van der Waals surface area contributed by atoms with E-state index in [-0.39, 0.29) is 11.3 Å². The fourth-order valence-electron chi connectivity index (χ4n) is 2.94. The molecule has 8 nitrogen and oxygen atoms in total. The number of aromatic amines is 2. The van der Waals surface area contributed by atoms with Crippen LogP contribution in [0.15, 0.2) is 47.3 Å². The largest absolute Gasteiger partial charge is 0.396 e. The average Bonchev–Trinajstić information content (AvgIpc) is 2.95. The number of para-hydroxylation sites is 2. The van der Waals surface area contributed by atoms with Crippen LogP contribution in [-0.4, -0.2) is 21.0 Å². The number of anilines is 1. The van der Waals surface area contributed by atoms with Crippen molar-refractivity contribution in [3.8, 4) is 11.4 Å². The highest BCUT2D eigenvalue weighted by molar-refractivity contribution is 6.00. The predicted octanol–water partition coefficient (Wildman–Crippen LogP) is 1.82. The first kappa shape index (κ1) is 15.7. The number of primary amides is 1. The summed E-state index contributed by atoms with van der Waals surface area (Å²) in [4.78, 5) is 33.8. The summed E-state index contributed by atoms with van der Waals surface area (Å²) in [6, 6.07) is 12.2. The molecule has 0 saturated carbocycles. The number of nitrogens with two attached hydrogens (primary N) is 2. The second-order valence-electron chi connectivity index (χ2n) is 5.94. The molecule has 0 spiro atoms. The van der Waals surface area contributed by atoms with Gasteiger partial charge in [-0.05, 0) is 29.8 Å². The Labute approximate surface area is 147 Å². The van der Waals surface area contributed by atoms with E-state index >= 15 is 0 Å². The number of carbonyl (C=O) groups is 1. The first-order valence-corrected chi connectivity index (χ1v) is 7.96. The van der Waals surface area contributed by atoms with Gasteiger partial charge in [0.1, 0.15) is 0 Å². The van der Waals surface area contributed by atoms with E-state index < -0.39 is 6.03 Å². The minimum Gasteiger partial charge on any atom is -0.396 e. The monoisotopic (exact) mass is 348 g/mol. The Morgan fingerprint density at radius 3 is 2.73 bits per heavy atom. The molecule has 4 rings (SSSR count). The van der Waals surface area contributed by atoms with E-state index in [1.807, 2.05) is 36.4 Å². The van der Waals surface area contributed by atoms with Crippen LogP contribution in [0, 0.1) is 0 Å². The molecule has 0 unspecified atom stereocenters. The van der Waals surface area contributed by atoms with Gasteiger partial charge in [0.2, 0.25) is 0 Å². The molecule has 0 aliphatic carbocycles. The van der Waals surface area contributed by atoms with Crippen LogP contribution in [0.4, 0.5) is 10.5 Å². The summed E-state index contributed by atoms with van der Waals surface area (Å²) in [5, 5.41) is 3.28. The number of nitrogen functional groups attached to an aromatic ring is 1. The number of nitrogens with one attached hydrogen (secondary N) is 3. The van der Waals surface area contributed by atoms with Crippen molar-refractivity contribution < 1.29 is 4.79 Å². The first-order valence-electron chi connectivity index (χ1n) is 7.96. The molecule has 0 fully saturated rings. The SMILES string of the molecule is NC(=O)NCc1ccc2[nH]c(-c3nc4ccccc4[nH]c3=O)c(N)c2c1. The van der Waals surface area contributed by atoms with Crippen molar-refractivity contribution in [3.63, 3.8) is 0 Å². The molecule has 0 aliphatic heterocycles. The van der Waals surface area contributed by atoms with E-state index in [1.165, 1.54) is 0 Å². The predicted molar refractivity (Wildman–Crippen MR) is 100 cm³/mol. The van der Waals surface area contributed by atoms with E-state index in [1.54, 1.807) is 6.07 Å². The van der Waals surface area contributed by atoms with Crippen molar-refractivity contribution in [2.24, 2.45) is 5.73 Å². The number of hydrogen-bond acceptors (Lipinski definition) is 4. The third kappa shape index (κ3) is 2.63. The van der Waals surface area contributed by atoms with Crippen LogP contribution < -0.4 is 22.3 Å². The van der Waals surface area contributed by atoms with Gasteiger partial charge in [-0.25, -0.2) is 9.78 Å². The third-order valence-electron chi connectivity index (χ3n) is 4.21. The zero-order chi connectivity index (χ0) is 18.3. The fourth-order valence-corrected chi connectivity index (χ4v) is 2.94. The summed E-state index contributed by atoms with van der Waals surface area (Å²) in [6.45, 7) is 0.292. The topological polar surface area (TPSA) is 143 Å². The van der Waals surface area contributed by atoms with Crippen molar-refractivity contribution >= 4 is 33.7 Å². The molecule has 7 N–H and O–H groups in total. The van der Waals surface area contributed by atoms with Crippen LogP contribution in [-0.2, 0) is 6.54 Å². The number of H-pyrrole nitrogens is 2. The molecule has 26 heavy (non-hydrogen) atoms. The lowest BCUT2D eigenvalue weighted by Gasteiger charge is -2.03. The number of rotatable bonds is 3. The highest BCUT2D eigenvalue weighted by Crippen LogP contribution is 2.31. The number of aromatic nitrogens is 3. The van der Waals surface area contributed by atoms with E-state index in [9.17, 15) is 9.59 Å². The van der Waals surface area contributed by atoms with Crippen molar-refractivity contribution in [3.05, 3.63) is 58.4 Å². The fraction of sp³-hybridized carbons (Fsp3) is 0.0556. The van der Waals surface area contributed by atoms with Crippen LogP contribution in [0.1, 0.15) is 5.56 Å². The smallest absolute Gasteiger partial charge is 0.312 e. The standard InChI is InChI=1S/C18H16N6O2/c19-14-10-7-9(8-21-18(20)26)5-6-11(10)22-15(14)16-17(25)24-13-4-2-1-3-12(13)23-16/h1-7,22H,8,19H2,(H,24,25)(H3,20,21,26). The molecule has 130 valence electrons. The van der Waals surface area contributed by atoms with Crippen LogP contribution in [0.25, 0.3) is 33.3 Å². The maximum absolute atomic E-state index is 12.5. The number of urea groups is 1. The Balaban J connectivity index is 1.84. The van der Waals surface area contributed by atoms with Crippen molar-refractivity contribution in [1.82, 2.24) is 20.3 Å². The highest BCUT2D eigenvalue weighted by Gasteiger charge is 2.16. The van der Waals surface area contributed by atoms with Gasteiger partial charge in [-0.15, -0.1) is 0 Å². The Bertz CT molecular complexity index is 1210. The molecule has 2 heterocycles. The van der Waals surface area contributed by atoms with Crippen LogP contribution in [0.3, 0.4) is 0 Å². The highest BCUT2D eigenvalue weighted by atomic mass is 16.2. The molecule has 0 radical (unpaired) electrons. The van der Waals surface area contributed by atoms with Gasteiger partial charge in [-0.1, -0.05) is 18.2 Å². The number of hydrogen-bond donors (Lipinski definition) is 5. The van der Waals surface area contributed by atoms with Crippen molar-refractivity contribution in [2.75, 3.05) is 5.73 Å². The Kier molecular flexibility index (Phi) is 3.58. The zero-order valence-corrected chi connectivity index (χ0v) is 13.7. The maximum atomic E-state index is 12.5. The number of nitrogens with zero attached hydrogens (tertiary/aromatic N) is 1. The molecule has 2 amide bonds. The minimum absolute atomic E-state index is 0.231. The number of amides is 2. The summed E-state index contributed by atoms with van der Waals surface area (Å²) in [7, 11) is 0. The van der Waals surface area contributed by atoms with Gasteiger partial charge in [0.25, 0.3) is 5.56 Å². The van der Waals surface area contributed by atoms with Crippen LogP contribution in [0.2, 0.25) is 0 Å². The van der Waals surface area contributed by atoms with Crippen LogP contribution in [0.5, 0.6) is 0 Å². The molecule has 0 bridgehead atoms. The normalized spacial score (nSPS) is 11.1. The Morgan fingerprint density at radius 1 is 1.12 bits per heavy atom. The zero-order valence-electron chi connectivity index (χ0n) is 13.7. The lowest BCUT2D eigenvalue weighted by atomic mass is 10.1. The summed E-state index contributed by atoms with van der Waals surface area (Å²) in [5.41, 5.74) is 15.1. The summed E-state index contributed by atoms with van der Waals surface area (Å²) in [5.74, 6) is 0. The molecule has 2 aromatic carbocycles. The van der Waals surface area contributed by atoms with Crippen molar-refractivity contribution in [2.45, 2.75) is 6.54 Å². The maximum Gasteiger partial charge on any atom is 0.312 e. The van der Waals surface area contributed by atoms with Crippen molar-refractivity contribution in [1.29, 1.82) is 0 Å². The quantitative estimate of drug-likeness (QED) is 0.385. The van der Waals surface area contributed by atoms with Gasteiger partial charge in [0.15, 0.2) is 5.69 Å². The molecule has 0 atom stereocenters.